The Hall–Kier alpha value is -2.04. The zero-order valence-corrected chi connectivity index (χ0v) is 14.7. The molecule has 24 heavy (non-hydrogen) atoms. The van der Waals surface area contributed by atoms with Crippen LogP contribution in [0.4, 0.5) is 5.69 Å². The predicted molar refractivity (Wildman–Crippen MR) is 98.1 cm³/mol. The van der Waals surface area contributed by atoms with Crippen molar-refractivity contribution in [2.75, 3.05) is 11.9 Å². The number of halogens is 2. The quantitative estimate of drug-likeness (QED) is 0.724. The van der Waals surface area contributed by atoms with Crippen molar-refractivity contribution in [1.29, 1.82) is 0 Å². The molecule has 126 valence electrons. The van der Waals surface area contributed by atoms with Crippen molar-refractivity contribution < 1.29 is 9.59 Å². The SMILES string of the molecule is CCCCNC(=O)c1cccc(C(=O)Nc2cccc(Cl)c2Cl)c1. The largest absolute Gasteiger partial charge is 0.352 e. The molecule has 0 aliphatic heterocycles. The zero-order chi connectivity index (χ0) is 17.5. The fraction of sp³-hybridized carbons (Fsp3) is 0.222. The Balaban J connectivity index is 2.11. The Labute approximate surface area is 151 Å². The first-order valence-electron chi connectivity index (χ1n) is 7.66. The lowest BCUT2D eigenvalue weighted by molar-refractivity contribution is 0.0953. The summed E-state index contributed by atoms with van der Waals surface area (Å²) in [5.41, 5.74) is 1.23. The summed E-state index contributed by atoms with van der Waals surface area (Å²) >= 11 is 12.0. The highest BCUT2D eigenvalue weighted by Crippen LogP contribution is 2.29. The van der Waals surface area contributed by atoms with E-state index in [1.165, 1.54) is 0 Å². The molecule has 0 saturated heterocycles. The van der Waals surface area contributed by atoms with Gasteiger partial charge in [0.15, 0.2) is 0 Å². The number of nitrogens with one attached hydrogen (secondary N) is 2. The highest BCUT2D eigenvalue weighted by atomic mass is 35.5. The van der Waals surface area contributed by atoms with Gasteiger partial charge in [0.25, 0.3) is 11.8 Å². The van der Waals surface area contributed by atoms with Gasteiger partial charge in [-0.1, -0.05) is 48.7 Å². The van der Waals surface area contributed by atoms with Crippen molar-refractivity contribution in [3.8, 4) is 0 Å². The summed E-state index contributed by atoms with van der Waals surface area (Å²) in [6.07, 6.45) is 1.92. The average Bonchev–Trinajstić information content (AvgIpc) is 2.59. The maximum Gasteiger partial charge on any atom is 0.255 e. The van der Waals surface area contributed by atoms with E-state index in [9.17, 15) is 9.59 Å². The third kappa shape index (κ3) is 4.73. The van der Waals surface area contributed by atoms with Crippen LogP contribution in [0, 0.1) is 0 Å². The van der Waals surface area contributed by atoms with E-state index in [2.05, 4.69) is 17.6 Å². The van der Waals surface area contributed by atoms with Crippen LogP contribution in [0.5, 0.6) is 0 Å². The Kier molecular flexibility index (Phi) is 6.64. The smallest absolute Gasteiger partial charge is 0.255 e. The van der Waals surface area contributed by atoms with Gasteiger partial charge >= 0.3 is 0 Å². The van der Waals surface area contributed by atoms with Gasteiger partial charge in [0.2, 0.25) is 0 Å². The lowest BCUT2D eigenvalue weighted by Crippen LogP contribution is -2.24. The summed E-state index contributed by atoms with van der Waals surface area (Å²) in [4.78, 5) is 24.4. The first-order chi connectivity index (χ1) is 11.5. The Bertz CT molecular complexity index is 748. The zero-order valence-electron chi connectivity index (χ0n) is 13.2. The Morgan fingerprint density at radius 1 is 1.00 bits per heavy atom. The molecule has 0 fully saturated rings. The van der Waals surface area contributed by atoms with E-state index in [-0.39, 0.29) is 16.8 Å². The molecule has 6 heteroatoms. The standard InChI is InChI=1S/C18H18Cl2N2O2/c1-2-3-10-21-17(23)12-6-4-7-13(11-12)18(24)22-15-9-5-8-14(19)16(15)20/h4-9,11H,2-3,10H2,1H3,(H,21,23)(H,22,24). The van der Waals surface area contributed by atoms with Crippen LogP contribution in [0.3, 0.4) is 0 Å². The normalized spacial score (nSPS) is 10.3. The highest BCUT2D eigenvalue weighted by Gasteiger charge is 2.12. The molecule has 0 aromatic heterocycles. The van der Waals surface area contributed by atoms with Crippen molar-refractivity contribution >= 4 is 40.7 Å². The van der Waals surface area contributed by atoms with Crippen molar-refractivity contribution in [2.45, 2.75) is 19.8 Å². The van der Waals surface area contributed by atoms with E-state index < -0.39 is 0 Å². The van der Waals surface area contributed by atoms with Gasteiger partial charge in [-0.05, 0) is 36.8 Å². The van der Waals surface area contributed by atoms with Crippen LogP contribution in [0.1, 0.15) is 40.5 Å². The molecule has 0 radical (unpaired) electrons. The molecule has 0 bridgehead atoms. The fourth-order valence-corrected chi connectivity index (χ4v) is 2.43. The number of unbranched alkanes of at least 4 members (excludes halogenated alkanes) is 1. The van der Waals surface area contributed by atoms with E-state index in [4.69, 9.17) is 23.2 Å². The van der Waals surface area contributed by atoms with Gasteiger partial charge in [-0.25, -0.2) is 0 Å². The topological polar surface area (TPSA) is 58.2 Å². The summed E-state index contributed by atoms with van der Waals surface area (Å²) in [5.74, 6) is -0.554. The van der Waals surface area contributed by atoms with Crippen molar-refractivity contribution in [2.24, 2.45) is 0 Å². The summed E-state index contributed by atoms with van der Waals surface area (Å²) in [7, 11) is 0. The van der Waals surface area contributed by atoms with Crippen LogP contribution in [0.15, 0.2) is 42.5 Å². The van der Waals surface area contributed by atoms with Gasteiger partial charge in [-0.15, -0.1) is 0 Å². The third-order valence-corrected chi connectivity index (χ3v) is 4.22. The third-order valence-electron chi connectivity index (χ3n) is 3.40. The van der Waals surface area contributed by atoms with Crippen molar-refractivity contribution in [3.05, 3.63) is 63.6 Å². The van der Waals surface area contributed by atoms with Crippen LogP contribution in [-0.4, -0.2) is 18.4 Å². The number of rotatable bonds is 6. The monoisotopic (exact) mass is 364 g/mol. The molecule has 0 aliphatic rings. The number of hydrogen-bond acceptors (Lipinski definition) is 2. The minimum Gasteiger partial charge on any atom is -0.352 e. The molecule has 2 aromatic rings. The second-order valence-electron chi connectivity index (χ2n) is 5.25. The Morgan fingerprint density at radius 3 is 2.38 bits per heavy atom. The molecule has 0 atom stereocenters. The van der Waals surface area contributed by atoms with Crippen LogP contribution in [0.25, 0.3) is 0 Å². The van der Waals surface area contributed by atoms with Gasteiger partial charge < -0.3 is 10.6 Å². The van der Waals surface area contributed by atoms with Crippen LogP contribution < -0.4 is 10.6 Å². The van der Waals surface area contributed by atoms with E-state index in [0.717, 1.165) is 12.8 Å². The molecule has 2 amide bonds. The molecule has 0 heterocycles. The first kappa shape index (κ1) is 18.3. The van der Waals surface area contributed by atoms with Gasteiger partial charge in [0.1, 0.15) is 0 Å². The molecule has 2 rings (SSSR count). The number of hydrogen-bond donors (Lipinski definition) is 2. The Morgan fingerprint density at radius 2 is 1.67 bits per heavy atom. The second-order valence-corrected chi connectivity index (χ2v) is 6.03. The van der Waals surface area contributed by atoms with Gasteiger partial charge in [-0.2, -0.15) is 0 Å². The molecule has 2 N–H and O–H groups in total. The average molecular weight is 365 g/mol. The molecular formula is C18H18Cl2N2O2. The molecule has 0 aliphatic carbocycles. The second kappa shape index (κ2) is 8.71. The number of carbonyl (C=O) groups excluding carboxylic acids is 2. The first-order valence-corrected chi connectivity index (χ1v) is 8.42. The lowest BCUT2D eigenvalue weighted by Gasteiger charge is -2.09. The van der Waals surface area contributed by atoms with Crippen LogP contribution in [0.2, 0.25) is 10.0 Å². The van der Waals surface area contributed by atoms with Gasteiger partial charge in [-0.3, -0.25) is 9.59 Å². The predicted octanol–water partition coefficient (Wildman–Crippen LogP) is 4.78. The molecule has 0 spiro atoms. The maximum atomic E-state index is 12.4. The highest BCUT2D eigenvalue weighted by molar-refractivity contribution is 6.44. The van der Waals surface area contributed by atoms with Gasteiger partial charge in [0, 0.05) is 17.7 Å². The molecule has 4 nitrogen and oxygen atoms in total. The van der Waals surface area contributed by atoms with Crippen LogP contribution >= 0.6 is 23.2 Å². The summed E-state index contributed by atoms with van der Waals surface area (Å²) < 4.78 is 0. The lowest BCUT2D eigenvalue weighted by atomic mass is 10.1. The van der Waals surface area contributed by atoms with E-state index in [1.807, 2.05) is 0 Å². The summed E-state index contributed by atoms with van der Waals surface area (Å²) in [5, 5.41) is 6.16. The van der Waals surface area contributed by atoms with Crippen molar-refractivity contribution in [1.82, 2.24) is 5.32 Å². The van der Waals surface area contributed by atoms with Crippen molar-refractivity contribution in [3.63, 3.8) is 0 Å². The molecular weight excluding hydrogens is 347 g/mol. The minimum atomic E-state index is -0.359. The van der Waals surface area contributed by atoms with Gasteiger partial charge in [0.05, 0.1) is 15.7 Å². The number of benzene rings is 2. The van der Waals surface area contributed by atoms with E-state index in [0.29, 0.717) is 28.4 Å². The molecule has 0 saturated carbocycles. The summed E-state index contributed by atoms with van der Waals surface area (Å²) in [6, 6.07) is 11.5. The van der Waals surface area contributed by atoms with E-state index in [1.54, 1.807) is 42.5 Å². The minimum absolute atomic E-state index is 0.195. The summed E-state index contributed by atoms with van der Waals surface area (Å²) in [6.45, 7) is 2.67. The van der Waals surface area contributed by atoms with E-state index >= 15 is 0 Å². The number of anilines is 1. The maximum absolute atomic E-state index is 12.4. The number of carbonyl (C=O) groups is 2. The van der Waals surface area contributed by atoms with Crippen LogP contribution in [-0.2, 0) is 0 Å². The molecule has 2 aromatic carbocycles. The number of amides is 2. The molecule has 0 unspecified atom stereocenters. The fourth-order valence-electron chi connectivity index (χ4n) is 2.08.